The summed E-state index contributed by atoms with van der Waals surface area (Å²) in [5.74, 6) is -0.0725. The first kappa shape index (κ1) is 8.84. The Labute approximate surface area is 88.6 Å². The van der Waals surface area contributed by atoms with Crippen molar-refractivity contribution in [1.29, 1.82) is 0 Å². The van der Waals surface area contributed by atoms with E-state index in [-0.39, 0.29) is 5.91 Å². The van der Waals surface area contributed by atoms with Crippen LogP contribution in [-0.4, -0.2) is 12.5 Å². The van der Waals surface area contributed by atoms with Crippen LogP contribution in [0.15, 0.2) is 16.6 Å². The molecule has 0 bridgehead atoms. The van der Waals surface area contributed by atoms with E-state index in [1.165, 1.54) is 0 Å². The maximum Gasteiger partial charge on any atom is 0.243 e. The van der Waals surface area contributed by atoms with Crippen LogP contribution in [0, 0.1) is 0 Å². The summed E-state index contributed by atoms with van der Waals surface area (Å²) in [4.78, 5) is 11.0. The van der Waals surface area contributed by atoms with Crippen LogP contribution in [0.3, 0.4) is 0 Å². The van der Waals surface area contributed by atoms with E-state index in [9.17, 15) is 4.79 Å². The number of halogens is 2. The molecular formula is C8H6BrClN2O. The minimum Gasteiger partial charge on any atom is -0.374 e. The molecule has 1 amide bonds. The number of hydrogen-bond acceptors (Lipinski definition) is 2. The predicted octanol–water partition coefficient (Wildman–Crippen LogP) is 2.47. The number of anilines is 2. The first-order chi connectivity index (χ1) is 6.16. The van der Waals surface area contributed by atoms with Crippen molar-refractivity contribution in [2.24, 2.45) is 0 Å². The molecule has 0 aliphatic carbocycles. The number of carbonyl (C=O) groups is 1. The molecule has 0 atom stereocenters. The van der Waals surface area contributed by atoms with Gasteiger partial charge >= 0.3 is 0 Å². The summed E-state index contributed by atoms with van der Waals surface area (Å²) in [7, 11) is 0. The zero-order chi connectivity index (χ0) is 9.42. The number of hydrogen-bond donors (Lipinski definition) is 2. The summed E-state index contributed by atoms with van der Waals surface area (Å²) in [6, 6.07) is 3.62. The monoisotopic (exact) mass is 260 g/mol. The summed E-state index contributed by atoms with van der Waals surface area (Å²) in [5.41, 5.74) is 1.50. The molecule has 1 heterocycles. The van der Waals surface area contributed by atoms with E-state index in [0.29, 0.717) is 17.3 Å². The minimum absolute atomic E-state index is 0.0725. The Hall–Kier alpha value is -0.740. The van der Waals surface area contributed by atoms with E-state index in [4.69, 9.17) is 11.6 Å². The molecule has 0 unspecified atom stereocenters. The first-order valence-corrected chi connectivity index (χ1v) is 4.86. The summed E-state index contributed by atoms with van der Waals surface area (Å²) >= 11 is 9.25. The van der Waals surface area contributed by atoms with Crippen molar-refractivity contribution < 1.29 is 4.79 Å². The normalized spacial score (nSPS) is 14.5. The van der Waals surface area contributed by atoms with Crippen LogP contribution in [-0.2, 0) is 4.79 Å². The number of rotatable bonds is 0. The number of carbonyl (C=O) groups excluding carboxylic acids is 1. The van der Waals surface area contributed by atoms with Gasteiger partial charge in [-0.1, -0.05) is 27.5 Å². The maximum atomic E-state index is 11.0. The highest BCUT2D eigenvalue weighted by Crippen LogP contribution is 2.35. The molecule has 2 rings (SSSR count). The maximum absolute atomic E-state index is 11.0. The van der Waals surface area contributed by atoms with Crippen LogP contribution in [0.5, 0.6) is 0 Å². The standard InChI is InChI=1S/C8H6BrClN2O/c9-4-1-5(10)8-6(2-4)11-3-7(13)12-8/h1-2,11H,3H2,(H,12,13). The van der Waals surface area contributed by atoms with Gasteiger partial charge in [0.05, 0.1) is 22.9 Å². The van der Waals surface area contributed by atoms with Gasteiger partial charge in [0.1, 0.15) is 0 Å². The van der Waals surface area contributed by atoms with Gasteiger partial charge in [0.15, 0.2) is 0 Å². The second-order valence-corrected chi connectivity index (χ2v) is 4.03. The second kappa shape index (κ2) is 3.20. The third-order valence-corrected chi connectivity index (χ3v) is 2.51. The highest BCUT2D eigenvalue weighted by atomic mass is 79.9. The van der Waals surface area contributed by atoms with Crippen molar-refractivity contribution in [3.05, 3.63) is 21.6 Å². The molecule has 13 heavy (non-hydrogen) atoms. The van der Waals surface area contributed by atoms with Crippen LogP contribution in [0.1, 0.15) is 0 Å². The van der Waals surface area contributed by atoms with E-state index in [0.717, 1.165) is 10.2 Å². The molecule has 0 saturated carbocycles. The van der Waals surface area contributed by atoms with Gasteiger partial charge in [-0.05, 0) is 12.1 Å². The van der Waals surface area contributed by atoms with E-state index >= 15 is 0 Å². The Balaban J connectivity index is 2.53. The minimum atomic E-state index is -0.0725. The molecule has 68 valence electrons. The molecule has 5 heteroatoms. The molecule has 3 nitrogen and oxygen atoms in total. The van der Waals surface area contributed by atoms with Gasteiger partial charge < -0.3 is 10.6 Å². The Kier molecular flexibility index (Phi) is 2.17. The van der Waals surface area contributed by atoms with Crippen molar-refractivity contribution in [2.75, 3.05) is 17.2 Å². The summed E-state index contributed by atoms with van der Waals surface area (Å²) in [6.07, 6.45) is 0. The lowest BCUT2D eigenvalue weighted by Gasteiger charge is -2.19. The van der Waals surface area contributed by atoms with Crippen LogP contribution < -0.4 is 10.6 Å². The highest BCUT2D eigenvalue weighted by molar-refractivity contribution is 9.10. The molecule has 1 aromatic carbocycles. The third-order valence-electron chi connectivity index (χ3n) is 1.76. The molecule has 0 spiro atoms. The molecule has 0 fully saturated rings. The molecule has 0 aromatic heterocycles. The zero-order valence-electron chi connectivity index (χ0n) is 6.53. The number of nitrogens with one attached hydrogen (secondary N) is 2. The molecule has 1 aliphatic rings. The van der Waals surface area contributed by atoms with Crippen molar-refractivity contribution in [1.82, 2.24) is 0 Å². The van der Waals surface area contributed by atoms with Crippen LogP contribution >= 0.6 is 27.5 Å². The van der Waals surface area contributed by atoms with E-state index in [1.54, 1.807) is 6.07 Å². The summed E-state index contributed by atoms with van der Waals surface area (Å²) in [6.45, 7) is 0.291. The van der Waals surface area contributed by atoms with Crippen molar-refractivity contribution in [2.45, 2.75) is 0 Å². The molecule has 0 radical (unpaired) electrons. The Morgan fingerprint density at radius 1 is 1.46 bits per heavy atom. The average molecular weight is 262 g/mol. The van der Waals surface area contributed by atoms with Crippen LogP contribution in [0.25, 0.3) is 0 Å². The van der Waals surface area contributed by atoms with Gasteiger partial charge in [0, 0.05) is 4.47 Å². The Morgan fingerprint density at radius 2 is 2.23 bits per heavy atom. The van der Waals surface area contributed by atoms with Gasteiger partial charge in [-0.15, -0.1) is 0 Å². The van der Waals surface area contributed by atoms with E-state index in [1.807, 2.05) is 6.07 Å². The quantitative estimate of drug-likeness (QED) is 0.753. The fourth-order valence-corrected chi connectivity index (χ4v) is 2.06. The van der Waals surface area contributed by atoms with E-state index < -0.39 is 0 Å². The zero-order valence-corrected chi connectivity index (χ0v) is 8.87. The highest BCUT2D eigenvalue weighted by Gasteiger charge is 2.16. The van der Waals surface area contributed by atoms with Crippen molar-refractivity contribution >= 4 is 44.8 Å². The molecule has 0 saturated heterocycles. The molecule has 1 aliphatic heterocycles. The van der Waals surface area contributed by atoms with E-state index in [2.05, 4.69) is 26.6 Å². The van der Waals surface area contributed by atoms with Crippen LogP contribution in [0.4, 0.5) is 11.4 Å². The topological polar surface area (TPSA) is 41.1 Å². The third kappa shape index (κ3) is 1.64. The largest absolute Gasteiger partial charge is 0.374 e. The van der Waals surface area contributed by atoms with Crippen molar-refractivity contribution in [3.63, 3.8) is 0 Å². The first-order valence-electron chi connectivity index (χ1n) is 3.69. The summed E-state index contributed by atoms with van der Waals surface area (Å²) in [5, 5.41) is 6.20. The predicted molar refractivity (Wildman–Crippen MR) is 56.3 cm³/mol. The average Bonchev–Trinajstić information content (AvgIpc) is 2.06. The Bertz CT molecular complexity index is 381. The van der Waals surface area contributed by atoms with Gasteiger partial charge in [0.2, 0.25) is 5.91 Å². The van der Waals surface area contributed by atoms with Gasteiger partial charge in [0.25, 0.3) is 0 Å². The molecule has 2 N–H and O–H groups in total. The second-order valence-electron chi connectivity index (χ2n) is 2.71. The lowest BCUT2D eigenvalue weighted by Crippen LogP contribution is -2.27. The fraction of sp³-hybridized carbons (Fsp3) is 0.125. The number of fused-ring (bicyclic) bond motifs is 1. The van der Waals surface area contributed by atoms with Crippen molar-refractivity contribution in [3.8, 4) is 0 Å². The Morgan fingerprint density at radius 3 is 3.00 bits per heavy atom. The van der Waals surface area contributed by atoms with Gasteiger partial charge in [-0.25, -0.2) is 0 Å². The van der Waals surface area contributed by atoms with Crippen LogP contribution in [0.2, 0.25) is 5.02 Å². The van der Waals surface area contributed by atoms with Gasteiger partial charge in [-0.2, -0.15) is 0 Å². The lowest BCUT2D eigenvalue weighted by molar-refractivity contribution is -0.114. The summed E-state index contributed by atoms with van der Waals surface area (Å²) < 4.78 is 0.889. The molecular weight excluding hydrogens is 255 g/mol. The number of benzene rings is 1. The van der Waals surface area contributed by atoms with Gasteiger partial charge in [-0.3, -0.25) is 4.79 Å². The lowest BCUT2D eigenvalue weighted by atomic mass is 10.2. The SMILES string of the molecule is O=C1CNc2cc(Br)cc(Cl)c2N1. The smallest absolute Gasteiger partial charge is 0.243 e. The number of amides is 1. The fourth-order valence-electron chi connectivity index (χ4n) is 1.20. The molecule has 1 aromatic rings.